The number of amides is 3. The molecule has 0 bridgehead atoms. The first-order valence-electron chi connectivity index (χ1n) is 8.68. The molecule has 0 aliphatic carbocycles. The summed E-state index contributed by atoms with van der Waals surface area (Å²) in [5, 5.41) is 3.36. The molecular weight excluding hydrogens is 406 g/mol. The Labute approximate surface area is 162 Å². The van der Waals surface area contributed by atoms with Gasteiger partial charge in [0.1, 0.15) is 6.54 Å². The molecule has 162 valence electrons. The Morgan fingerprint density at radius 3 is 2.17 bits per heavy atom. The van der Waals surface area contributed by atoms with E-state index in [1.165, 1.54) is 11.4 Å². The summed E-state index contributed by atoms with van der Waals surface area (Å²) < 4.78 is 74.3. The van der Waals surface area contributed by atoms with Gasteiger partial charge in [0.2, 0.25) is 5.91 Å². The molecule has 2 N–H and O–H groups in total. The Morgan fingerprint density at radius 2 is 1.59 bits per heavy atom. The van der Waals surface area contributed by atoms with E-state index in [1.54, 1.807) is 11.0 Å². The van der Waals surface area contributed by atoms with Gasteiger partial charge in [0, 0.05) is 32.7 Å². The normalized spacial score (nSPS) is 16.5. The maximum atomic E-state index is 12.8. The first kappa shape index (κ1) is 22.9. The quantitative estimate of drug-likeness (QED) is 0.709. The third kappa shape index (κ3) is 8.28. The zero-order valence-corrected chi connectivity index (χ0v) is 15.2. The fraction of sp³-hybridized carbons (Fsp3) is 0.529. The third-order valence-corrected chi connectivity index (χ3v) is 4.19. The number of nitrogens with zero attached hydrogens (tertiary/aromatic N) is 2. The van der Waals surface area contributed by atoms with Gasteiger partial charge in [-0.2, -0.15) is 26.3 Å². The summed E-state index contributed by atoms with van der Waals surface area (Å²) >= 11 is 0. The fourth-order valence-corrected chi connectivity index (χ4v) is 2.80. The Balaban J connectivity index is 1.74. The third-order valence-electron chi connectivity index (χ3n) is 4.19. The maximum absolute atomic E-state index is 12.8. The van der Waals surface area contributed by atoms with Crippen molar-refractivity contribution in [2.75, 3.05) is 39.3 Å². The van der Waals surface area contributed by atoms with Gasteiger partial charge in [-0.1, -0.05) is 18.2 Å². The molecule has 1 saturated heterocycles. The highest BCUT2D eigenvalue weighted by Crippen LogP contribution is 2.29. The number of hydrogen-bond acceptors (Lipinski definition) is 4. The molecule has 0 saturated carbocycles. The lowest BCUT2D eigenvalue weighted by atomic mass is 10.1. The van der Waals surface area contributed by atoms with Crippen LogP contribution < -0.4 is 10.6 Å². The van der Waals surface area contributed by atoms with Crippen LogP contribution in [-0.4, -0.2) is 67.2 Å². The summed E-state index contributed by atoms with van der Waals surface area (Å²) in [6.45, 7) is 0.446. The number of alkyl halides is 6. The van der Waals surface area contributed by atoms with E-state index < -0.39 is 36.4 Å². The van der Waals surface area contributed by atoms with Gasteiger partial charge in [-0.15, -0.1) is 0 Å². The number of carbonyl (C=O) groups is 2. The Bertz CT molecular complexity index is 715. The van der Waals surface area contributed by atoms with Gasteiger partial charge in [-0.05, 0) is 11.6 Å². The highest BCUT2D eigenvalue weighted by atomic mass is 19.4. The lowest BCUT2D eigenvalue weighted by Crippen LogP contribution is -2.51. The SMILES string of the molecule is O=C(CN1CCN(Cc2cccc(C(F)(F)F)c2)CC1)NC(=O)NCC(F)(F)F. The van der Waals surface area contributed by atoms with Gasteiger partial charge in [0.25, 0.3) is 0 Å². The van der Waals surface area contributed by atoms with Crippen molar-refractivity contribution in [1.82, 2.24) is 20.4 Å². The molecule has 1 aromatic carbocycles. The Hall–Kier alpha value is -2.34. The average molecular weight is 426 g/mol. The van der Waals surface area contributed by atoms with Crippen LogP contribution in [0.25, 0.3) is 0 Å². The Kier molecular flexibility index (Phi) is 7.47. The van der Waals surface area contributed by atoms with Crippen molar-refractivity contribution < 1.29 is 35.9 Å². The van der Waals surface area contributed by atoms with Crippen molar-refractivity contribution in [3.05, 3.63) is 35.4 Å². The van der Waals surface area contributed by atoms with Crippen LogP contribution >= 0.6 is 0 Å². The number of halogens is 6. The summed E-state index contributed by atoms with van der Waals surface area (Å²) in [7, 11) is 0. The molecule has 1 aliphatic rings. The van der Waals surface area contributed by atoms with E-state index in [0.717, 1.165) is 12.1 Å². The molecule has 3 amide bonds. The van der Waals surface area contributed by atoms with Crippen LogP contribution in [0.2, 0.25) is 0 Å². The van der Waals surface area contributed by atoms with Gasteiger partial charge >= 0.3 is 18.4 Å². The molecule has 6 nitrogen and oxygen atoms in total. The van der Waals surface area contributed by atoms with E-state index in [-0.39, 0.29) is 6.54 Å². The highest BCUT2D eigenvalue weighted by Gasteiger charge is 2.31. The van der Waals surface area contributed by atoms with Gasteiger partial charge in [0.15, 0.2) is 0 Å². The molecule has 1 aliphatic heterocycles. The minimum atomic E-state index is -4.57. The molecule has 0 radical (unpaired) electrons. The molecule has 0 unspecified atom stereocenters. The Morgan fingerprint density at radius 1 is 0.966 bits per heavy atom. The van der Waals surface area contributed by atoms with Crippen molar-refractivity contribution in [3.63, 3.8) is 0 Å². The van der Waals surface area contributed by atoms with Crippen LogP contribution in [0.15, 0.2) is 24.3 Å². The standard InChI is InChI=1S/C17H20F6N4O2/c18-16(19,20)11-24-15(29)25-14(28)10-27-6-4-26(5-7-27)9-12-2-1-3-13(8-12)17(21,22)23/h1-3,8H,4-7,9-11H2,(H2,24,25,28,29). The molecule has 12 heteroatoms. The minimum absolute atomic E-state index is 0.170. The summed E-state index contributed by atoms with van der Waals surface area (Å²) in [6.07, 6.45) is -8.98. The number of hydrogen-bond donors (Lipinski definition) is 2. The number of benzene rings is 1. The van der Waals surface area contributed by atoms with Crippen LogP contribution in [0.5, 0.6) is 0 Å². The zero-order chi connectivity index (χ0) is 21.7. The van der Waals surface area contributed by atoms with Gasteiger partial charge in [-0.3, -0.25) is 19.9 Å². The second kappa shape index (κ2) is 9.44. The molecular formula is C17H20F6N4O2. The van der Waals surface area contributed by atoms with Crippen LogP contribution in [0, 0.1) is 0 Å². The second-order valence-electron chi connectivity index (χ2n) is 6.60. The number of carbonyl (C=O) groups excluding carboxylic acids is 2. The van der Waals surface area contributed by atoms with E-state index in [1.807, 2.05) is 10.2 Å². The monoisotopic (exact) mass is 426 g/mol. The van der Waals surface area contributed by atoms with Crippen LogP contribution in [0.1, 0.15) is 11.1 Å². The maximum Gasteiger partial charge on any atom is 0.416 e. The van der Waals surface area contributed by atoms with Crippen molar-refractivity contribution in [3.8, 4) is 0 Å². The van der Waals surface area contributed by atoms with E-state index in [4.69, 9.17) is 0 Å². The predicted octanol–water partition coefficient (Wildman–Crippen LogP) is 2.21. The number of rotatable bonds is 5. The molecule has 0 aromatic heterocycles. The number of piperazine rings is 1. The van der Waals surface area contributed by atoms with Crippen LogP contribution in [0.4, 0.5) is 31.1 Å². The first-order chi connectivity index (χ1) is 13.4. The second-order valence-corrected chi connectivity index (χ2v) is 6.60. The molecule has 0 atom stereocenters. The number of imide groups is 1. The van der Waals surface area contributed by atoms with Crippen molar-refractivity contribution in [2.24, 2.45) is 0 Å². The lowest BCUT2D eigenvalue weighted by Gasteiger charge is -2.34. The molecule has 1 fully saturated rings. The summed E-state index contributed by atoms with van der Waals surface area (Å²) in [5.41, 5.74) is -0.193. The van der Waals surface area contributed by atoms with E-state index >= 15 is 0 Å². The van der Waals surface area contributed by atoms with Crippen molar-refractivity contribution in [1.29, 1.82) is 0 Å². The first-order valence-corrected chi connectivity index (χ1v) is 8.68. The molecule has 1 aromatic rings. The van der Waals surface area contributed by atoms with E-state index in [2.05, 4.69) is 0 Å². The van der Waals surface area contributed by atoms with Crippen molar-refractivity contribution in [2.45, 2.75) is 18.9 Å². The fourth-order valence-electron chi connectivity index (χ4n) is 2.80. The largest absolute Gasteiger partial charge is 0.416 e. The number of urea groups is 1. The summed E-state index contributed by atoms with van der Waals surface area (Å²) in [4.78, 5) is 26.6. The van der Waals surface area contributed by atoms with E-state index in [0.29, 0.717) is 38.3 Å². The van der Waals surface area contributed by atoms with Gasteiger partial charge in [-0.25, -0.2) is 4.79 Å². The van der Waals surface area contributed by atoms with Gasteiger partial charge in [0.05, 0.1) is 12.1 Å². The molecule has 1 heterocycles. The topological polar surface area (TPSA) is 64.7 Å². The van der Waals surface area contributed by atoms with Crippen LogP contribution in [0.3, 0.4) is 0 Å². The molecule has 0 spiro atoms. The molecule has 29 heavy (non-hydrogen) atoms. The summed E-state index contributed by atoms with van der Waals surface area (Å²) in [5.74, 6) is -0.740. The smallest absolute Gasteiger partial charge is 0.329 e. The minimum Gasteiger partial charge on any atom is -0.329 e. The van der Waals surface area contributed by atoms with Crippen LogP contribution in [-0.2, 0) is 17.5 Å². The lowest BCUT2D eigenvalue weighted by molar-refractivity contribution is -0.137. The number of nitrogens with one attached hydrogen (secondary N) is 2. The predicted molar refractivity (Wildman–Crippen MR) is 90.8 cm³/mol. The zero-order valence-electron chi connectivity index (χ0n) is 15.2. The molecule has 2 rings (SSSR count). The van der Waals surface area contributed by atoms with E-state index in [9.17, 15) is 35.9 Å². The van der Waals surface area contributed by atoms with Crippen molar-refractivity contribution >= 4 is 11.9 Å². The van der Waals surface area contributed by atoms with Gasteiger partial charge < -0.3 is 5.32 Å². The summed E-state index contributed by atoms with van der Waals surface area (Å²) in [6, 6.07) is 3.83. The highest BCUT2D eigenvalue weighted by molar-refractivity contribution is 5.95. The average Bonchev–Trinajstić information content (AvgIpc) is 2.60.